The molecule has 0 radical (unpaired) electrons. The molecule has 0 saturated carbocycles. The highest BCUT2D eigenvalue weighted by Crippen LogP contribution is 2.15. The van der Waals surface area contributed by atoms with Gasteiger partial charge in [0.15, 0.2) is 5.65 Å². The minimum Gasteiger partial charge on any atom is -0.337 e. The molecule has 1 amide bonds. The van der Waals surface area contributed by atoms with E-state index in [1.165, 1.54) is 5.56 Å². The van der Waals surface area contributed by atoms with Crippen LogP contribution in [0.2, 0.25) is 0 Å². The van der Waals surface area contributed by atoms with Crippen molar-refractivity contribution in [2.45, 2.75) is 33.9 Å². The largest absolute Gasteiger partial charge is 0.337 e. The lowest BCUT2D eigenvalue weighted by Crippen LogP contribution is -2.26. The van der Waals surface area contributed by atoms with Gasteiger partial charge in [-0.05, 0) is 31.1 Å². The van der Waals surface area contributed by atoms with Crippen LogP contribution in [0.3, 0.4) is 0 Å². The van der Waals surface area contributed by atoms with Crippen molar-refractivity contribution in [2.75, 3.05) is 20.1 Å². The second-order valence-electron chi connectivity index (χ2n) is 6.84. The number of aromatic nitrogens is 3. The number of hydrogen-bond donors (Lipinski definition) is 0. The van der Waals surface area contributed by atoms with E-state index in [-0.39, 0.29) is 5.91 Å². The first-order valence-corrected chi connectivity index (χ1v) is 9.38. The van der Waals surface area contributed by atoms with Crippen molar-refractivity contribution in [3.63, 3.8) is 0 Å². The van der Waals surface area contributed by atoms with Gasteiger partial charge in [0, 0.05) is 38.1 Å². The number of rotatable bonds is 7. The summed E-state index contributed by atoms with van der Waals surface area (Å²) in [5, 5.41) is 4.35. The Morgan fingerprint density at radius 3 is 2.56 bits per heavy atom. The van der Waals surface area contributed by atoms with Gasteiger partial charge in [-0.3, -0.25) is 9.69 Å². The van der Waals surface area contributed by atoms with E-state index in [1.54, 1.807) is 15.6 Å². The molecule has 6 heteroatoms. The van der Waals surface area contributed by atoms with Crippen molar-refractivity contribution in [3.05, 3.63) is 65.1 Å². The Morgan fingerprint density at radius 1 is 1.11 bits per heavy atom. The minimum absolute atomic E-state index is 0.0720. The summed E-state index contributed by atoms with van der Waals surface area (Å²) < 4.78 is 1.70. The van der Waals surface area contributed by atoms with Gasteiger partial charge in [0.2, 0.25) is 0 Å². The summed E-state index contributed by atoms with van der Waals surface area (Å²) in [7, 11) is 1.81. The highest BCUT2D eigenvalue weighted by atomic mass is 16.2. The predicted octanol–water partition coefficient (Wildman–Crippen LogP) is 3.15. The van der Waals surface area contributed by atoms with Crippen LogP contribution in [0.4, 0.5) is 0 Å². The van der Waals surface area contributed by atoms with Gasteiger partial charge in [0.05, 0.1) is 6.20 Å². The fourth-order valence-electron chi connectivity index (χ4n) is 3.17. The molecular formula is C21H27N5O. The summed E-state index contributed by atoms with van der Waals surface area (Å²) in [6.45, 7) is 9.70. The molecule has 0 unspecified atom stereocenters. The highest BCUT2D eigenvalue weighted by Gasteiger charge is 2.19. The normalized spacial score (nSPS) is 11.3. The van der Waals surface area contributed by atoms with Crippen LogP contribution in [0, 0.1) is 6.92 Å². The van der Waals surface area contributed by atoms with Crippen molar-refractivity contribution in [1.29, 1.82) is 0 Å². The number of nitrogens with zero attached hydrogens (tertiary/aromatic N) is 5. The average Bonchev–Trinajstić information content (AvgIpc) is 3.10. The summed E-state index contributed by atoms with van der Waals surface area (Å²) in [6, 6.07) is 8.11. The first-order chi connectivity index (χ1) is 13.0. The zero-order chi connectivity index (χ0) is 19.4. The van der Waals surface area contributed by atoms with E-state index < -0.39 is 0 Å². The van der Waals surface area contributed by atoms with Gasteiger partial charge in [-0.1, -0.05) is 38.1 Å². The van der Waals surface area contributed by atoms with Gasteiger partial charge in [0.25, 0.3) is 5.91 Å². The van der Waals surface area contributed by atoms with E-state index in [0.717, 1.165) is 30.8 Å². The number of hydrogen-bond acceptors (Lipinski definition) is 4. The Kier molecular flexibility index (Phi) is 5.86. The van der Waals surface area contributed by atoms with E-state index in [2.05, 4.69) is 41.8 Å². The lowest BCUT2D eigenvalue weighted by atomic mass is 10.1. The predicted molar refractivity (Wildman–Crippen MR) is 107 cm³/mol. The Hall–Kier alpha value is -2.73. The van der Waals surface area contributed by atoms with Gasteiger partial charge in [-0.15, -0.1) is 0 Å². The van der Waals surface area contributed by atoms with E-state index in [1.807, 2.05) is 37.6 Å². The third-order valence-electron chi connectivity index (χ3n) is 4.96. The van der Waals surface area contributed by atoms with Crippen molar-refractivity contribution >= 4 is 11.6 Å². The molecule has 3 aromatic rings. The van der Waals surface area contributed by atoms with Crippen LogP contribution in [0.1, 0.15) is 40.9 Å². The minimum atomic E-state index is -0.0720. The van der Waals surface area contributed by atoms with E-state index in [9.17, 15) is 4.79 Å². The van der Waals surface area contributed by atoms with Crippen LogP contribution in [0.25, 0.3) is 5.65 Å². The van der Waals surface area contributed by atoms with E-state index in [4.69, 9.17) is 0 Å². The van der Waals surface area contributed by atoms with Crippen molar-refractivity contribution in [1.82, 2.24) is 24.4 Å². The molecule has 0 aliphatic rings. The molecule has 27 heavy (non-hydrogen) atoms. The number of benzene rings is 1. The molecule has 2 aromatic heterocycles. The molecule has 0 N–H and O–H groups in total. The average molecular weight is 365 g/mol. The summed E-state index contributed by atoms with van der Waals surface area (Å²) in [5.41, 5.74) is 4.53. The second kappa shape index (κ2) is 8.31. The van der Waals surface area contributed by atoms with Gasteiger partial charge in [0.1, 0.15) is 5.56 Å². The maximum atomic E-state index is 12.9. The third-order valence-corrected chi connectivity index (χ3v) is 4.96. The lowest BCUT2D eigenvalue weighted by molar-refractivity contribution is 0.0786. The number of amides is 1. The fraction of sp³-hybridized carbons (Fsp3) is 0.381. The Labute approximate surface area is 160 Å². The van der Waals surface area contributed by atoms with Crippen LogP contribution in [-0.2, 0) is 13.1 Å². The summed E-state index contributed by atoms with van der Waals surface area (Å²) in [6.07, 6.45) is 5.41. The molecule has 0 spiro atoms. The SMILES string of the molecule is CCN(CC)Cc1cnc2c(C(=O)N(C)Cc3ccccc3C)cnn2c1. The first kappa shape index (κ1) is 19.0. The maximum absolute atomic E-state index is 12.9. The smallest absolute Gasteiger partial charge is 0.259 e. The molecule has 3 rings (SSSR count). The molecule has 2 heterocycles. The topological polar surface area (TPSA) is 53.7 Å². The summed E-state index contributed by atoms with van der Waals surface area (Å²) in [5.74, 6) is -0.0720. The van der Waals surface area contributed by atoms with Crippen molar-refractivity contribution in [2.24, 2.45) is 0 Å². The molecule has 6 nitrogen and oxygen atoms in total. The number of carbonyl (C=O) groups excluding carboxylic acids is 1. The monoisotopic (exact) mass is 365 g/mol. The first-order valence-electron chi connectivity index (χ1n) is 9.38. The number of aryl methyl sites for hydroxylation is 1. The number of carbonyl (C=O) groups is 1. The fourth-order valence-corrected chi connectivity index (χ4v) is 3.17. The maximum Gasteiger partial charge on any atom is 0.259 e. The second-order valence-corrected chi connectivity index (χ2v) is 6.84. The third kappa shape index (κ3) is 4.17. The van der Waals surface area contributed by atoms with Crippen LogP contribution in [0.5, 0.6) is 0 Å². The molecule has 142 valence electrons. The van der Waals surface area contributed by atoms with Gasteiger partial charge >= 0.3 is 0 Å². The van der Waals surface area contributed by atoms with Gasteiger partial charge < -0.3 is 4.90 Å². The molecule has 0 saturated heterocycles. The lowest BCUT2D eigenvalue weighted by Gasteiger charge is -2.18. The van der Waals surface area contributed by atoms with Gasteiger partial charge in [-0.2, -0.15) is 5.10 Å². The van der Waals surface area contributed by atoms with Crippen LogP contribution in [0.15, 0.2) is 42.9 Å². The molecule has 0 aliphatic heterocycles. The quantitative estimate of drug-likeness (QED) is 0.645. The molecular weight excluding hydrogens is 338 g/mol. The Balaban J connectivity index is 1.80. The van der Waals surface area contributed by atoms with Crippen LogP contribution in [-0.4, -0.2) is 50.4 Å². The van der Waals surface area contributed by atoms with Gasteiger partial charge in [-0.25, -0.2) is 9.50 Å². The summed E-state index contributed by atoms with van der Waals surface area (Å²) in [4.78, 5) is 21.5. The van der Waals surface area contributed by atoms with Crippen molar-refractivity contribution in [3.8, 4) is 0 Å². The zero-order valence-electron chi connectivity index (χ0n) is 16.5. The molecule has 1 aromatic carbocycles. The Bertz CT molecular complexity index is 929. The zero-order valence-corrected chi connectivity index (χ0v) is 16.5. The molecule has 0 bridgehead atoms. The highest BCUT2D eigenvalue weighted by molar-refractivity contribution is 5.99. The van der Waals surface area contributed by atoms with E-state index >= 15 is 0 Å². The van der Waals surface area contributed by atoms with Crippen LogP contribution < -0.4 is 0 Å². The molecule has 0 fully saturated rings. The van der Waals surface area contributed by atoms with Crippen molar-refractivity contribution < 1.29 is 4.79 Å². The van der Waals surface area contributed by atoms with E-state index in [0.29, 0.717) is 17.8 Å². The summed E-state index contributed by atoms with van der Waals surface area (Å²) >= 11 is 0. The Morgan fingerprint density at radius 2 is 1.85 bits per heavy atom. The molecule has 0 atom stereocenters. The standard InChI is InChI=1S/C21H27N5O/c1-5-25(6-2)13-17-11-22-20-19(12-23-26(20)14-17)21(27)24(4)15-18-10-8-7-9-16(18)3/h7-12,14H,5-6,13,15H2,1-4H3. The number of fused-ring (bicyclic) bond motifs is 1. The molecule has 0 aliphatic carbocycles. The van der Waals surface area contributed by atoms with Crippen LogP contribution >= 0.6 is 0 Å².